The molecule has 0 aromatic heterocycles. The van der Waals surface area contributed by atoms with E-state index in [1.54, 1.807) is 0 Å². The summed E-state index contributed by atoms with van der Waals surface area (Å²) < 4.78 is 5.67. The van der Waals surface area contributed by atoms with Gasteiger partial charge in [0.25, 0.3) is 0 Å². The van der Waals surface area contributed by atoms with Crippen LogP contribution < -0.4 is 0 Å². The second kappa shape index (κ2) is 10.4. The average molecular weight is 312 g/mol. The van der Waals surface area contributed by atoms with Crippen molar-refractivity contribution in [2.75, 3.05) is 6.61 Å². The number of rotatable bonds is 8. The topological polar surface area (TPSA) is 9.23 Å². The van der Waals surface area contributed by atoms with E-state index in [0.717, 1.165) is 18.3 Å². The maximum absolute atomic E-state index is 5.67. The van der Waals surface area contributed by atoms with E-state index < -0.39 is 0 Å². The molecule has 0 heterocycles. The molecule has 1 aliphatic rings. The predicted octanol–water partition coefficient (Wildman–Crippen LogP) is 6.41. The van der Waals surface area contributed by atoms with Gasteiger partial charge in [-0.1, -0.05) is 55.5 Å². The summed E-state index contributed by atoms with van der Waals surface area (Å²) in [6.45, 7) is 5.69. The molecular formula is C22H32O. The number of benzene rings is 1. The summed E-state index contributed by atoms with van der Waals surface area (Å²) in [5.41, 5.74) is 2.80. The van der Waals surface area contributed by atoms with Crippen LogP contribution >= 0.6 is 0 Å². The zero-order valence-corrected chi connectivity index (χ0v) is 14.8. The second-order valence-corrected chi connectivity index (χ2v) is 6.66. The minimum atomic E-state index is 0.713. The normalized spacial score (nSPS) is 22.2. The molecule has 0 atom stereocenters. The van der Waals surface area contributed by atoms with Crippen molar-refractivity contribution < 1.29 is 4.74 Å². The lowest BCUT2D eigenvalue weighted by molar-refractivity contribution is 0.148. The average Bonchev–Trinajstić information content (AvgIpc) is 2.61. The van der Waals surface area contributed by atoms with Crippen molar-refractivity contribution in [2.45, 2.75) is 64.9 Å². The van der Waals surface area contributed by atoms with E-state index in [-0.39, 0.29) is 0 Å². The summed E-state index contributed by atoms with van der Waals surface area (Å²) in [6, 6.07) is 9.12. The molecule has 0 radical (unpaired) electrons. The van der Waals surface area contributed by atoms with Crippen molar-refractivity contribution in [1.29, 1.82) is 0 Å². The van der Waals surface area contributed by atoms with E-state index >= 15 is 0 Å². The third kappa shape index (κ3) is 6.35. The Morgan fingerprint density at radius 1 is 1.00 bits per heavy atom. The van der Waals surface area contributed by atoms with Gasteiger partial charge < -0.3 is 4.74 Å². The Morgan fingerprint density at radius 3 is 2.39 bits per heavy atom. The van der Waals surface area contributed by atoms with Gasteiger partial charge >= 0.3 is 0 Å². The van der Waals surface area contributed by atoms with Gasteiger partial charge in [0.05, 0.1) is 13.2 Å². The van der Waals surface area contributed by atoms with Gasteiger partial charge in [-0.3, -0.25) is 0 Å². The Labute approximate surface area is 142 Å². The highest BCUT2D eigenvalue weighted by atomic mass is 16.5. The molecule has 1 aliphatic carbocycles. The summed E-state index contributed by atoms with van der Waals surface area (Å²) in [4.78, 5) is 0. The van der Waals surface area contributed by atoms with Gasteiger partial charge in [-0.05, 0) is 68.4 Å². The number of hydrogen-bond acceptors (Lipinski definition) is 1. The van der Waals surface area contributed by atoms with Gasteiger partial charge in [0, 0.05) is 0 Å². The van der Waals surface area contributed by atoms with Crippen molar-refractivity contribution in [3.8, 4) is 0 Å². The van der Waals surface area contributed by atoms with Crippen LogP contribution in [0.15, 0.2) is 48.6 Å². The zero-order chi connectivity index (χ0) is 16.3. The zero-order valence-electron chi connectivity index (χ0n) is 14.8. The minimum absolute atomic E-state index is 0.713. The van der Waals surface area contributed by atoms with E-state index in [1.165, 1.54) is 43.2 Å². The molecule has 0 unspecified atom stereocenters. The maximum atomic E-state index is 5.67. The molecule has 0 bridgehead atoms. The lowest BCUT2D eigenvalue weighted by atomic mass is 9.77. The maximum Gasteiger partial charge on any atom is 0.0721 e. The van der Waals surface area contributed by atoms with Gasteiger partial charge in [-0.15, -0.1) is 0 Å². The van der Waals surface area contributed by atoms with Gasteiger partial charge in [0.1, 0.15) is 0 Å². The molecule has 0 N–H and O–H groups in total. The Hall–Kier alpha value is -1.34. The first-order valence-corrected chi connectivity index (χ1v) is 9.26. The SMILES string of the molecule is C/C=C/CC1CCC(c2ccc(COC/C=C/CC)cc2)CC1. The van der Waals surface area contributed by atoms with Crippen molar-refractivity contribution in [3.63, 3.8) is 0 Å². The first kappa shape index (κ1) is 18.0. The molecule has 1 fully saturated rings. The molecule has 0 amide bonds. The Balaban J connectivity index is 1.75. The highest BCUT2D eigenvalue weighted by Gasteiger charge is 2.21. The molecule has 23 heavy (non-hydrogen) atoms. The van der Waals surface area contributed by atoms with Crippen molar-refractivity contribution in [3.05, 3.63) is 59.7 Å². The largest absolute Gasteiger partial charge is 0.373 e. The molecule has 1 aromatic rings. The molecule has 126 valence electrons. The molecule has 1 heteroatoms. The van der Waals surface area contributed by atoms with Crippen LogP contribution in [0.25, 0.3) is 0 Å². The fourth-order valence-electron chi connectivity index (χ4n) is 3.43. The van der Waals surface area contributed by atoms with Crippen molar-refractivity contribution >= 4 is 0 Å². The molecular weight excluding hydrogens is 280 g/mol. The summed E-state index contributed by atoms with van der Waals surface area (Å²) in [5, 5.41) is 0. The molecule has 0 saturated heterocycles. The molecule has 0 aliphatic heterocycles. The highest BCUT2D eigenvalue weighted by Crippen LogP contribution is 2.37. The summed E-state index contributed by atoms with van der Waals surface area (Å²) in [6.07, 6.45) is 16.6. The van der Waals surface area contributed by atoms with Gasteiger partial charge in [0.15, 0.2) is 0 Å². The Kier molecular flexibility index (Phi) is 8.17. The van der Waals surface area contributed by atoms with Crippen LogP contribution in [0.2, 0.25) is 0 Å². The first-order valence-electron chi connectivity index (χ1n) is 9.26. The lowest BCUT2D eigenvalue weighted by Crippen LogP contribution is -2.12. The number of allylic oxidation sites excluding steroid dienone is 3. The third-order valence-electron chi connectivity index (χ3n) is 4.89. The van der Waals surface area contributed by atoms with Crippen LogP contribution in [-0.2, 0) is 11.3 Å². The highest BCUT2D eigenvalue weighted by molar-refractivity contribution is 5.25. The number of hydrogen-bond donors (Lipinski definition) is 0. The van der Waals surface area contributed by atoms with Crippen LogP contribution in [0.4, 0.5) is 0 Å². The molecule has 1 aromatic carbocycles. The van der Waals surface area contributed by atoms with Crippen molar-refractivity contribution in [2.24, 2.45) is 5.92 Å². The van der Waals surface area contributed by atoms with Gasteiger partial charge in [-0.2, -0.15) is 0 Å². The van der Waals surface area contributed by atoms with Crippen LogP contribution in [0.1, 0.15) is 69.4 Å². The smallest absolute Gasteiger partial charge is 0.0721 e. The fraction of sp³-hybridized carbons (Fsp3) is 0.545. The molecule has 1 nitrogen and oxygen atoms in total. The third-order valence-corrected chi connectivity index (χ3v) is 4.89. The summed E-state index contributed by atoms with van der Waals surface area (Å²) >= 11 is 0. The standard InChI is InChI=1S/C22H32O/c1-3-5-7-17-23-18-20-11-15-22(16-12-20)21-13-9-19(10-14-21)8-6-4-2/h4-7,11-12,15-16,19,21H,3,8-10,13-14,17-18H2,1-2H3/b6-4+,7-5+. The summed E-state index contributed by atoms with van der Waals surface area (Å²) in [5.74, 6) is 1.67. The predicted molar refractivity (Wildman–Crippen MR) is 99.7 cm³/mol. The minimum Gasteiger partial charge on any atom is -0.373 e. The van der Waals surface area contributed by atoms with Crippen LogP contribution in [0.5, 0.6) is 0 Å². The van der Waals surface area contributed by atoms with Crippen molar-refractivity contribution in [1.82, 2.24) is 0 Å². The van der Waals surface area contributed by atoms with E-state index in [4.69, 9.17) is 4.74 Å². The fourth-order valence-corrected chi connectivity index (χ4v) is 3.43. The Morgan fingerprint density at radius 2 is 1.74 bits per heavy atom. The second-order valence-electron chi connectivity index (χ2n) is 6.66. The molecule has 1 saturated carbocycles. The summed E-state index contributed by atoms with van der Waals surface area (Å²) in [7, 11) is 0. The number of ether oxygens (including phenoxy) is 1. The van der Waals surface area contributed by atoms with Gasteiger partial charge in [-0.25, -0.2) is 0 Å². The monoisotopic (exact) mass is 312 g/mol. The van der Waals surface area contributed by atoms with Crippen LogP contribution in [0, 0.1) is 5.92 Å². The van der Waals surface area contributed by atoms with E-state index in [0.29, 0.717) is 13.2 Å². The van der Waals surface area contributed by atoms with Gasteiger partial charge in [0.2, 0.25) is 0 Å². The van der Waals surface area contributed by atoms with Crippen LogP contribution in [-0.4, -0.2) is 6.61 Å². The quantitative estimate of drug-likeness (QED) is 0.398. The lowest BCUT2D eigenvalue weighted by Gasteiger charge is -2.28. The molecule has 2 rings (SSSR count). The van der Waals surface area contributed by atoms with E-state index in [1.807, 2.05) is 0 Å². The molecule has 0 spiro atoms. The van der Waals surface area contributed by atoms with Crippen LogP contribution in [0.3, 0.4) is 0 Å². The van der Waals surface area contributed by atoms with E-state index in [9.17, 15) is 0 Å². The Bertz CT molecular complexity index is 475. The first-order chi connectivity index (χ1) is 11.3. The van der Waals surface area contributed by atoms with E-state index in [2.05, 4.69) is 62.4 Å².